The molecule has 4 nitrogen and oxygen atoms in total. The van der Waals surface area contributed by atoms with E-state index in [-0.39, 0.29) is 5.69 Å². The van der Waals surface area contributed by atoms with E-state index in [1.165, 1.54) is 6.26 Å². The first-order valence-electron chi connectivity index (χ1n) is 4.06. The van der Waals surface area contributed by atoms with Crippen LogP contribution in [0.2, 0.25) is 0 Å². The van der Waals surface area contributed by atoms with Gasteiger partial charge in [-0.3, -0.25) is 4.79 Å². The van der Waals surface area contributed by atoms with Gasteiger partial charge in [0, 0.05) is 11.3 Å². The van der Waals surface area contributed by atoms with Gasteiger partial charge < -0.3 is 10.2 Å². The Kier molecular flexibility index (Phi) is 2.02. The smallest absolute Gasteiger partial charge is 0.226 e. The average molecular weight is 188 g/mol. The molecule has 0 aliphatic carbocycles. The van der Waals surface area contributed by atoms with Crippen LogP contribution in [0.5, 0.6) is 0 Å². The molecule has 0 fully saturated rings. The number of aromatic nitrogens is 1. The summed E-state index contributed by atoms with van der Waals surface area (Å²) in [4.78, 5) is 14.3. The second kappa shape index (κ2) is 3.33. The van der Waals surface area contributed by atoms with Gasteiger partial charge in [-0.2, -0.15) is 0 Å². The molecule has 0 radical (unpaired) electrons. The summed E-state index contributed by atoms with van der Waals surface area (Å²) < 4.78 is 5.10. The van der Waals surface area contributed by atoms with Gasteiger partial charge in [-0.15, -0.1) is 0 Å². The molecule has 0 spiro atoms. The largest absolute Gasteiger partial charge is 0.444 e. The molecule has 0 aliphatic heterocycles. The first kappa shape index (κ1) is 8.50. The monoisotopic (exact) mass is 188 g/mol. The summed E-state index contributed by atoms with van der Waals surface area (Å²) in [5.41, 5.74) is 7.27. The predicted octanol–water partition coefficient (Wildman–Crippen LogP) is 1.74. The van der Waals surface area contributed by atoms with Crippen LogP contribution >= 0.6 is 0 Å². The third-order valence-corrected chi connectivity index (χ3v) is 1.78. The quantitative estimate of drug-likeness (QED) is 0.575. The number of hydrogen-bond donors (Lipinski definition) is 1. The predicted molar refractivity (Wildman–Crippen MR) is 51.7 cm³/mol. The van der Waals surface area contributed by atoms with Crippen molar-refractivity contribution in [3.05, 3.63) is 36.2 Å². The minimum atomic E-state index is 0.280. The second-order valence-electron chi connectivity index (χ2n) is 2.82. The molecule has 2 rings (SSSR count). The Morgan fingerprint density at radius 1 is 1.43 bits per heavy atom. The third-order valence-electron chi connectivity index (χ3n) is 1.78. The van der Waals surface area contributed by atoms with Crippen molar-refractivity contribution in [3.63, 3.8) is 0 Å². The zero-order chi connectivity index (χ0) is 9.97. The molecule has 0 unspecified atom stereocenters. The number of nitrogens with two attached hydrogens (primary N) is 1. The number of anilines is 1. The van der Waals surface area contributed by atoms with Crippen LogP contribution in [0.3, 0.4) is 0 Å². The number of nitrogens with zero attached hydrogens (tertiary/aromatic N) is 1. The average Bonchev–Trinajstić information content (AvgIpc) is 2.66. The number of carbonyl (C=O) groups is 1. The Hall–Kier alpha value is -2.10. The molecule has 4 heteroatoms. The molecule has 14 heavy (non-hydrogen) atoms. The van der Waals surface area contributed by atoms with Crippen molar-refractivity contribution in [2.75, 3.05) is 5.73 Å². The van der Waals surface area contributed by atoms with Crippen LogP contribution in [0, 0.1) is 0 Å². The number of oxazole rings is 1. The molecule has 0 saturated heterocycles. The van der Waals surface area contributed by atoms with Crippen molar-refractivity contribution in [2.45, 2.75) is 0 Å². The van der Waals surface area contributed by atoms with Crippen LogP contribution in [-0.4, -0.2) is 11.3 Å². The molecular formula is C10H8N2O2. The maximum atomic E-state index is 10.4. The van der Waals surface area contributed by atoms with Crippen molar-refractivity contribution >= 4 is 12.0 Å². The molecule has 1 aromatic heterocycles. The zero-order valence-electron chi connectivity index (χ0n) is 7.31. The lowest BCUT2D eigenvalue weighted by Crippen LogP contribution is -1.85. The highest BCUT2D eigenvalue weighted by atomic mass is 16.3. The van der Waals surface area contributed by atoms with Gasteiger partial charge in [0.1, 0.15) is 12.0 Å². The highest BCUT2D eigenvalue weighted by molar-refractivity contribution is 5.72. The highest BCUT2D eigenvalue weighted by Gasteiger charge is 2.05. The van der Waals surface area contributed by atoms with Gasteiger partial charge in [-0.25, -0.2) is 4.98 Å². The summed E-state index contributed by atoms with van der Waals surface area (Å²) in [6.45, 7) is 0. The molecule has 0 bridgehead atoms. The number of benzene rings is 1. The van der Waals surface area contributed by atoms with Crippen molar-refractivity contribution in [2.24, 2.45) is 0 Å². The SMILES string of the molecule is Nc1cccc(-c2nc(C=O)co2)c1. The molecule has 70 valence electrons. The van der Waals surface area contributed by atoms with E-state index < -0.39 is 0 Å². The van der Waals surface area contributed by atoms with E-state index in [4.69, 9.17) is 10.2 Å². The first-order chi connectivity index (χ1) is 6.79. The molecule has 0 atom stereocenters. The summed E-state index contributed by atoms with van der Waals surface area (Å²) in [6.07, 6.45) is 1.95. The summed E-state index contributed by atoms with van der Waals surface area (Å²) in [5.74, 6) is 0.402. The Labute approximate surface area is 80.4 Å². The normalized spacial score (nSPS) is 10.0. The van der Waals surface area contributed by atoms with Crippen molar-refractivity contribution in [1.82, 2.24) is 4.98 Å². The van der Waals surface area contributed by atoms with Crippen molar-refractivity contribution in [3.8, 4) is 11.5 Å². The van der Waals surface area contributed by atoms with E-state index >= 15 is 0 Å². The Bertz CT molecular complexity index is 463. The maximum absolute atomic E-state index is 10.4. The van der Waals surface area contributed by atoms with Gasteiger partial charge in [0.25, 0.3) is 0 Å². The van der Waals surface area contributed by atoms with Gasteiger partial charge in [0.2, 0.25) is 5.89 Å². The Morgan fingerprint density at radius 3 is 2.93 bits per heavy atom. The van der Waals surface area contributed by atoms with E-state index in [1.807, 2.05) is 6.07 Å². The molecule has 0 amide bonds. The van der Waals surface area contributed by atoms with Crippen LogP contribution < -0.4 is 5.73 Å². The summed E-state index contributed by atoms with van der Waals surface area (Å²) in [5, 5.41) is 0. The van der Waals surface area contributed by atoms with E-state index in [2.05, 4.69) is 4.98 Å². The minimum Gasteiger partial charge on any atom is -0.444 e. The number of hydrogen-bond acceptors (Lipinski definition) is 4. The van der Waals surface area contributed by atoms with E-state index in [0.717, 1.165) is 5.56 Å². The van der Waals surface area contributed by atoms with Crippen molar-refractivity contribution < 1.29 is 9.21 Å². The zero-order valence-corrected chi connectivity index (χ0v) is 7.31. The van der Waals surface area contributed by atoms with E-state index in [9.17, 15) is 4.79 Å². The summed E-state index contributed by atoms with van der Waals surface area (Å²) in [6, 6.07) is 7.12. The molecule has 0 saturated carbocycles. The molecule has 2 N–H and O–H groups in total. The van der Waals surface area contributed by atoms with Crippen LogP contribution in [0.1, 0.15) is 10.5 Å². The Balaban J connectivity index is 2.43. The fraction of sp³-hybridized carbons (Fsp3) is 0. The van der Waals surface area contributed by atoms with E-state index in [0.29, 0.717) is 17.9 Å². The number of carbonyl (C=O) groups excluding carboxylic acids is 1. The van der Waals surface area contributed by atoms with Crippen LogP contribution in [0.15, 0.2) is 34.9 Å². The van der Waals surface area contributed by atoms with E-state index in [1.54, 1.807) is 18.2 Å². The second-order valence-corrected chi connectivity index (χ2v) is 2.82. The fourth-order valence-electron chi connectivity index (χ4n) is 1.14. The molecule has 0 aliphatic rings. The summed E-state index contributed by atoms with van der Waals surface area (Å²) in [7, 11) is 0. The van der Waals surface area contributed by atoms with Gasteiger partial charge in [0.05, 0.1) is 0 Å². The lowest BCUT2D eigenvalue weighted by Gasteiger charge is -1.95. The molecule has 2 aromatic rings. The Morgan fingerprint density at radius 2 is 2.29 bits per heavy atom. The van der Waals surface area contributed by atoms with Crippen LogP contribution in [0.4, 0.5) is 5.69 Å². The first-order valence-corrected chi connectivity index (χ1v) is 4.06. The fourth-order valence-corrected chi connectivity index (χ4v) is 1.14. The number of rotatable bonds is 2. The minimum absolute atomic E-state index is 0.280. The molecule has 1 heterocycles. The van der Waals surface area contributed by atoms with Gasteiger partial charge in [-0.05, 0) is 18.2 Å². The lowest BCUT2D eigenvalue weighted by atomic mass is 10.2. The van der Waals surface area contributed by atoms with Gasteiger partial charge >= 0.3 is 0 Å². The third kappa shape index (κ3) is 1.50. The van der Waals surface area contributed by atoms with Crippen LogP contribution in [0.25, 0.3) is 11.5 Å². The lowest BCUT2D eigenvalue weighted by molar-refractivity contribution is 0.111. The van der Waals surface area contributed by atoms with Crippen molar-refractivity contribution in [1.29, 1.82) is 0 Å². The van der Waals surface area contributed by atoms with Crippen LogP contribution in [-0.2, 0) is 0 Å². The molecular weight excluding hydrogens is 180 g/mol. The summed E-state index contributed by atoms with van der Waals surface area (Å²) >= 11 is 0. The number of aldehydes is 1. The molecule has 1 aromatic carbocycles. The van der Waals surface area contributed by atoms with Gasteiger partial charge in [0.15, 0.2) is 6.29 Å². The highest BCUT2D eigenvalue weighted by Crippen LogP contribution is 2.19. The topological polar surface area (TPSA) is 69.1 Å². The standard InChI is InChI=1S/C10H8N2O2/c11-8-3-1-2-7(4-8)10-12-9(5-13)6-14-10/h1-6H,11H2. The maximum Gasteiger partial charge on any atom is 0.226 e. The van der Waals surface area contributed by atoms with Gasteiger partial charge in [-0.1, -0.05) is 6.07 Å². The number of nitrogen functional groups attached to an aromatic ring is 1.